The van der Waals surface area contributed by atoms with Crippen molar-refractivity contribution in [1.82, 2.24) is 19.7 Å². The maximum atomic E-state index is 13.3. The summed E-state index contributed by atoms with van der Waals surface area (Å²) in [5, 5.41) is 4.43. The van der Waals surface area contributed by atoms with Crippen molar-refractivity contribution in [2.24, 2.45) is 7.05 Å². The lowest BCUT2D eigenvalue weighted by Crippen LogP contribution is -2.18. The third-order valence-corrected chi connectivity index (χ3v) is 5.56. The summed E-state index contributed by atoms with van der Waals surface area (Å²) in [5.41, 5.74) is 3.45. The number of hydrogen-bond acceptors (Lipinski definition) is 5. The Morgan fingerprint density at radius 1 is 1.12 bits per heavy atom. The minimum atomic E-state index is -4.91. The van der Waals surface area contributed by atoms with Gasteiger partial charge in [-0.3, -0.25) is 9.55 Å². The molecule has 168 valence electrons. The van der Waals surface area contributed by atoms with E-state index in [1.54, 1.807) is 51.4 Å². The molecule has 0 unspecified atom stereocenters. The van der Waals surface area contributed by atoms with Crippen molar-refractivity contribution in [2.75, 3.05) is 0 Å². The van der Waals surface area contributed by atoms with E-state index in [0.717, 1.165) is 0 Å². The lowest BCUT2D eigenvalue weighted by atomic mass is 9.93. The summed E-state index contributed by atoms with van der Waals surface area (Å²) in [6.45, 7) is 3.51. The molecule has 3 aromatic heterocycles. The summed E-state index contributed by atoms with van der Waals surface area (Å²) in [6, 6.07) is 9.46. The smallest absolute Gasteiger partial charge is 0.405 e. The first kappa shape index (κ1) is 20.8. The number of benzene rings is 2. The van der Waals surface area contributed by atoms with Gasteiger partial charge in [-0.2, -0.15) is 0 Å². The van der Waals surface area contributed by atoms with Crippen LogP contribution >= 0.6 is 0 Å². The van der Waals surface area contributed by atoms with Crippen LogP contribution in [0.5, 0.6) is 5.75 Å². The third kappa shape index (κ3) is 3.43. The summed E-state index contributed by atoms with van der Waals surface area (Å²) in [5.74, 6) is 0.149. The first-order valence-electron chi connectivity index (χ1n) is 9.94. The Morgan fingerprint density at radius 2 is 1.91 bits per heavy atom. The molecule has 10 heteroatoms. The Bertz CT molecular complexity index is 1580. The Hall–Kier alpha value is -4.08. The summed E-state index contributed by atoms with van der Waals surface area (Å²) in [7, 11) is 1.55. The molecule has 5 rings (SSSR count). The summed E-state index contributed by atoms with van der Waals surface area (Å²) in [4.78, 5) is 19.5. The molecule has 0 bridgehead atoms. The minimum Gasteiger partial charge on any atom is -0.405 e. The van der Waals surface area contributed by atoms with E-state index >= 15 is 0 Å². The molecule has 1 N–H and O–H groups in total. The van der Waals surface area contributed by atoms with E-state index in [2.05, 4.69) is 19.9 Å². The molecule has 0 saturated carbocycles. The molecule has 0 aliphatic rings. The number of aromatic amines is 1. The van der Waals surface area contributed by atoms with E-state index in [9.17, 15) is 18.0 Å². The number of fused-ring (bicyclic) bond motifs is 2. The van der Waals surface area contributed by atoms with Gasteiger partial charge < -0.3 is 14.2 Å². The zero-order valence-corrected chi connectivity index (χ0v) is 17.7. The van der Waals surface area contributed by atoms with Crippen LogP contribution in [0.3, 0.4) is 0 Å². The monoisotopic (exact) mass is 454 g/mol. The topological polar surface area (TPSA) is 85.9 Å². The Kier molecular flexibility index (Phi) is 4.55. The van der Waals surface area contributed by atoms with Crippen LogP contribution < -0.4 is 10.4 Å². The predicted octanol–water partition coefficient (Wildman–Crippen LogP) is 5.25. The second-order valence-corrected chi connectivity index (χ2v) is 7.66. The van der Waals surface area contributed by atoms with Crippen LogP contribution in [0.4, 0.5) is 13.2 Å². The zero-order valence-electron chi connectivity index (χ0n) is 17.7. The molecule has 33 heavy (non-hydrogen) atoms. The van der Waals surface area contributed by atoms with E-state index in [4.69, 9.17) is 4.52 Å². The van der Waals surface area contributed by atoms with Crippen molar-refractivity contribution in [3.05, 3.63) is 64.5 Å². The van der Waals surface area contributed by atoms with Gasteiger partial charge in [0.1, 0.15) is 11.5 Å². The van der Waals surface area contributed by atoms with Gasteiger partial charge >= 0.3 is 12.1 Å². The normalized spacial score (nSPS) is 12.1. The first-order chi connectivity index (χ1) is 15.6. The van der Waals surface area contributed by atoms with Crippen LogP contribution in [0.1, 0.15) is 11.5 Å². The van der Waals surface area contributed by atoms with Crippen LogP contribution in [0, 0.1) is 13.8 Å². The number of halogens is 3. The average Bonchev–Trinajstić information content (AvgIpc) is 3.23. The molecule has 0 amide bonds. The van der Waals surface area contributed by atoms with Crippen molar-refractivity contribution in [3.8, 4) is 28.0 Å². The standard InChI is InChI=1S/C23H17F3N4O3/c1-11-19(12(2)33-29-11)13-9-15(21-17(10-13)28-22(31)30(21)3)20-14-5-4-8-27-16(14)6-7-18(20)32-23(24,25)26/h4-10H,1-3H3,(H,28,31). The molecule has 0 spiro atoms. The maximum absolute atomic E-state index is 13.3. The third-order valence-electron chi connectivity index (χ3n) is 5.56. The van der Waals surface area contributed by atoms with Crippen LogP contribution in [0.2, 0.25) is 0 Å². The highest BCUT2D eigenvalue weighted by Gasteiger charge is 2.33. The number of aryl methyl sites for hydroxylation is 3. The van der Waals surface area contributed by atoms with Crippen LogP contribution in [-0.4, -0.2) is 26.1 Å². The predicted molar refractivity (Wildman–Crippen MR) is 116 cm³/mol. The van der Waals surface area contributed by atoms with E-state index in [1.165, 1.54) is 16.7 Å². The van der Waals surface area contributed by atoms with Crippen LogP contribution in [-0.2, 0) is 7.05 Å². The summed E-state index contributed by atoms with van der Waals surface area (Å²) >= 11 is 0. The van der Waals surface area contributed by atoms with E-state index < -0.39 is 17.8 Å². The molecule has 5 aromatic rings. The number of nitrogens with one attached hydrogen (secondary N) is 1. The quantitative estimate of drug-likeness (QED) is 0.402. The number of pyridine rings is 1. The Balaban J connectivity index is 1.94. The van der Waals surface area contributed by atoms with Gasteiger partial charge in [-0.1, -0.05) is 11.2 Å². The Morgan fingerprint density at radius 3 is 2.61 bits per heavy atom. The van der Waals surface area contributed by atoms with E-state index in [1.807, 2.05) is 0 Å². The van der Waals surface area contributed by atoms with Crippen LogP contribution in [0.15, 0.2) is 51.9 Å². The largest absolute Gasteiger partial charge is 0.573 e. The van der Waals surface area contributed by atoms with Crippen molar-refractivity contribution >= 4 is 21.9 Å². The SMILES string of the molecule is Cc1noc(C)c1-c1cc(-c2c(OC(F)(F)F)ccc3ncccc23)c2c(c1)[nH]c(=O)n2C. The fraction of sp³-hybridized carbons (Fsp3) is 0.174. The highest BCUT2D eigenvalue weighted by Crippen LogP contribution is 2.43. The number of hydrogen-bond donors (Lipinski definition) is 1. The van der Waals surface area contributed by atoms with Gasteiger partial charge in [0.25, 0.3) is 0 Å². The second-order valence-electron chi connectivity index (χ2n) is 7.66. The van der Waals surface area contributed by atoms with Gasteiger partial charge in [-0.05, 0) is 49.7 Å². The molecule has 0 aliphatic carbocycles. The lowest BCUT2D eigenvalue weighted by Gasteiger charge is -2.17. The van der Waals surface area contributed by atoms with Gasteiger partial charge in [-0.15, -0.1) is 13.2 Å². The number of nitrogens with zero attached hydrogens (tertiary/aromatic N) is 3. The molecule has 2 aromatic carbocycles. The maximum Gasteiger partial charge on any atom is 0.573 e. The number of ether oxygens (including phenoxy) is 1. The number of alkyl halides is 3. The molecule has 0 saturated heterocycles. The van der Waals surface area contributed by atoms with Gasteiger partial charge in [0, 0.05) is 35.3 Å². The fourth-order valence-electron chi connectivity index (χ4n) is 4.24. The lowest BCUT2D eigenvalue weighted by molar-refractivity contribution is -0.274. The highest BCUT2D eigenvalue weighted by atomic mass is 19.4. The second kappa shape index (κ2) is 7.22. The molecule has 0 aliphatic heterocycles. The Labute approximate surface area is 184 Å². The highest BCUT2D eigenvalue weighted by molar-refractivity contribution is 6.06. The van der Waals surface area contributed by atoms with Crippen molar-refractivity contribution < 1.29 is 22.4 Å². The van der Waals surface area contributed by atoms with Gasteiger partial charge in [0.05, 0.1) is 22.2 Å². The molecule has 0 atom stereocenters. The number of imidazole rings is 1. The molecule has 0 fully saturated rings. The minimum absolute atomic E-state index is 0.172. The number of H-pyrrole nitrogens is 1. The molecule has 0 radical (unpaired) electrons. The molecular formula is C23H17F3N4O3. The zero-order chi connectivity index (χ0) is 23.5. The first-order valence-corrected chi connectivity index (χ1v) is 9.94. The van der Waals surface area contributed by atoms with E-state index in [0.29, 0.717) is 50.1 Å². The molecule has 7 nitrogen and oxygen atoms in total. The van der Waals surface area contributed by atoms with Crippen molar-refractivity contribution in [3.63, 3.8) is 0 Å². The van der Waals surface area contributed by atoms with Gasteiger partial charge in [0.2, 0.25) is 0 Å². The molecular weight excluding hydrogens is 437 g/mol. The van der Waals surface area contributed by atoms with E-state index in [-0.39, 0.29) is 5.56 Å². The summed E-state index contributed by atoms with van der Waals surface area (Å²) < 4.78 is 51.0. The van der Waals surface area contributed by atoms with Crippen molar-refractivity contribution in [2.45, 2.75) is 20.2 Å². The van der Waals surface area contributed by atoms with Crippen LogP contribution in [0.25, 0.3) is 44.2 Å². The molecule has 3 heterocycles. The average molecular weight is 454 g/mol. The number of rotatable bonds is 3. The van der Waals surface area contributed by atoms with Crippen molar-refractivity contribution in [1.29, 1.82) is 0 Å². The van der Waals surface area contributed by atoms with Gasteiger partial charge in [-0.25, -0.2) is 4.79 Å². The van der Waals surface area contributed by atoms with Gasteiger partial charge in [0.15, 0.2) is 0 Å². The number of aromatic nitrogens is 4. The summed E-state index contributed by atoms with van der Waals surface area (Å²) in [6.07, 6.45) is -3.36. The fourth-order valence-corrected chi connectivity index (χ4v) is 4.24.